The van der Waals surface area contributed by atoms with Crippen LogP contribution in [0, 0.1) is 5.92 Å². The first-order valence-corrected chi connectivity index (χ1v) is 6.69. The van der Waals surface area contributed by atoms with E-state index in [2.05, 4.69) is 5.32 Å². The van der Waals surface area contributed by atoms with Gasteiger partial charge < -0.3 is 20.9 Å². The third-order valence-corrected chi connectivity index (χ3v) is 2.95. The number of nitrogens with two attached hydrogens (primary N) is 1. The molecule has 1 amide bonds. The number of ether oxygens (including phenoxy) is 1. The van der Waals surface area contributed by atoms with Gasteiger partial charge in [-0.05, 0) is 37.5 Å². The fraction of sp³-hybridized carbons (Fsp3) is 0.533. The molecular formula is C15H24N2O3. The van der Waals surface area contributed by atoms with Crippen molar-refractivity contribution in [2.24, 2.45) is 5.92 Å². The van der Waals surface area contributed by atoms with Crippen molar-refractivity contribution in [3.63, 3.8) is 0 Å². The van der Waals surface area contributed by atoms with Gasteiger partial charge in [0, 0.05) is 12.2 Å². The van der Waals surface area contributed by atoms with Crippen molar-refractivity contribution < 1.29 is 14.6 Å². The fourth-order valence-electron chi connectivity index (χ4n) is 2.22. The summed E-state index contributed by atoms with van der Waals surface area (Å²) in [5.74, 6) is 0.502. The molecule has 0 spiro atoms. The van der Waals surface area contributed by atoms with Crippen LogP contribution in [0.15, 0.2) is 18.2 Å². The van der Waals surface area contributed by atoms with Crippen molar-refractivity contribution in [1.82, 2.24) is 5.32 Å². The summed E-state index contributed by atoms with van der Waals surface area (Å²) in [6.07, 6.45) is 0.612. The Kier molecular flexibility index (Phi) is 5.39. The van der Waals surface area contributed by atoms with Crippen molar-refractivity contribution in [1.29, 1.82) is 0 Å². The van der Waals surface area contributed by atoms with Gasteiger partial charge in [0.05, 0.1) is 18.3 Å². The molecule has 0 saturated carbocycles. The van der Waals surface area contributed by atoms with E-state index in [1.807, 2.05) is 13.8 Å². The van der Waals surface area contributed by atoms with Gasteiger partial charge in [0.25, 0.3) is 5.91 Å². The molecule has 4 N–H and O–H groups in total. The molecule has 1 aromatic carbocycles. The van der Waals surface area contributed by atoms with E-state index in [1.54, 1.807) is 25.1 Å². The summed E-state index contributed by atoms with van der Waals surface area (Å²) >= 11 is 0. The van der Waals surface area contributed by atoms with E-state index in [0.29, 0.717) is 29.3 Å². The number of carbonyl (C=O) groups is 1. The predicted molar refractivity (Wildman–Crippen MR) is 79.8 cm³/mol. The number of nitrogens with one attached hydrogen (secondary N) is 1. The summed E-state index contributed by atoms with van der Waals surface area (Å²) < 4.78 is 5.14. The zero-order valence-corrected chi connectivity index (χ0v) is 12.6. The first-order valence-electron chi connectivity index (χ1n) is 6.69. The number of carbonyl (C=O) groups excluding carboxylic acids is 1. The van der Waals surface area contributed by atoms with E-state index < -0.39 is 5.60 Å². The molecule has 112 valence electrons. The van der Waals surface area contributed by atoms with Gasteiger partial charge in [-0.2, -0.15) is 0 Å². The molecule has 0 aliphatic heterocycles. The normalized spacial score (nSPS) is 13.9. The van der Waals surface area contributed by atoms with Gasteiger partial charge in [0.15, 0.2) is 0 Å². The summed E-state index contributed by atoms with van der Waals surface area (Å²) in [7, 11) is 1.50. The number of nitrogen functional groups attached to an aromatic ring is 1. The molecule has 1 aromatic rings. The molecule has 0 aromatic heterocycles. The van der Waals surface area contributed by atoms with Crippen LogP contribution in [0.4, 0.5) is 5.69 Å². The number of methoxy groups -OCH3 is 1. The number of hydrogen-bond acceptors (Lipinski definition) is 4. The Hall–Kier alpha value is -1.75. The highest BCUT2D eigenvalue weighted by atomic mass is 16.5. The van der Waals surface area contributed by atoms with Crippen LogP contribution in [-0.4, -0.2) is 30.3 Å². The SMILES string of the molecule is COc1ccc(N)cc1C(=O)NCC(C)(O)CC(C)C. The van der Waals surface area contributed by atoms with Crippen LogP contribution in [0.5, 0.6) is 5.75 Å². The summed E-state index contributed by atoms with van der Waals surface area (Å²) in [6.45, 7) is 5.94. The maximum atomic E-state index is 12.2. The average Bonchev–Trinajstić information content (AvgIpc) is 2.34. The molecule has 0 aliphatic rings. The highest BCUT2D eigenvalue weighted by Crippen LogP contribution is 2.21. The smallest absolute Gasteiger partial charge is 0.255 e. The Labute approximate surface area is 120 Å². The lowest BCUT2D eigenvalue weighted by Crippen LogP contribution is -2.41. The number of amides is 1. The monoisotopic (exact) mass is 280 g/mol. The van der Waals surface area contributed by atoms with E-state index in [4.69, 9.17) is 10.5 Å². The topological polar surface area (TPSA) is 84.6 Å². The lowest BCUT2D eigenvalue weighted by atomic mass is 9.94. The van der Waals surface area contributed by atoms with Gasteiger partial charge in [-0.15, -0.1) is 0 Å². The average molecular weight is 280 g/mol. The number of anilines is 1. The van der Waals surface area contributed by atoms with Gasteiger partial charge in [-0.3, -0.25) is 4.79 Å². The fourth-order valence-corrected chi connectivity index (χ4v) is 2.22. The lowest BCUT2D eigenvalue weighted by Gasteiger charge is -2.25. The minimum Gasteiger partial charge on any atom is -0.496 e. The molecule has 5 heteroatoms. The maximum absolute atomic E-state index is 12.2. The van der Waals surface area contributed by atoms with E-state index >= 15 is 0 Å². The van der Waals surface area contributed by atoms with E-state index in [1.165, 1.54) is 7.11 Å². The predicted octanol–water partition coefficient (Wildman–Crippen LogP) is 1.80. The molecule has 0 saturated heterocycles. The summed E-state index contributed by atoms with van der Waals surface area (Å²) in [6, 6.07) is 4.88. The number of rotatable bonds is 6. The molecule has 1 unspecified atom stereocenters. The number of benzene rings is 1. The number of aliphatic hydroxyl groups is 1. The van der Waals surface area contributed by atoms with E-state index in [9.17, 15) is 9.90 Å². The van der Waals surface area contributed by atoms with Gasteiger partial charge in [-0.25, -0.2) is 0 Å². The summed E-state index contributed by atoms with van der Waals surface area (Å²) in [4.78, 5) is 12.2. The van der Waals surface area contributed by atoms with E-state index in [0.717, 1.165) is 0 Å². The Morgan fingerprint density at radius 3 is 2.70 bits per heavy atom. The third kappa shape index (κ3) is 4.74. The van der Waals surface area contributed by atoms with Crippen LogP contribution in [0.3, 0.4) is 0 Å². The van der Waals surface area contributed by atoms with Gasteiger partial charge in [-0.1, -0.05) is 13.8 Å². The lowest BCUT2D eigenvalue weighted by molar-refractivity contribution is 0.0368. The highest BCUT2D eigenvalue weighted by molar-refractivity contribution is 5.97. The minimum absolute atomic E-state index is 0.183. The molecule has 0 fully saturated rings. The highest BCUT2D eigenvalue weighted by Gasteiger charge is 2.23. The largest absolute Gasteiger partial charge is 0.496 e. The van der Waals surface area contributed by atoms with Crippen molar-refractivity contribution >= 4 is 11.6 Å². The third-order valence-electron chi connectivity index (χ3n) is 2.95. The van der Waals surface area contributed by atoms with Crippen LogP contribution in [0.1, 0.15) is 37.6 Å². The first kappa shape index (κ1) is 16.3. The van der Waals surface area contributed by atoms with Crippen LogP contribution < -0.4 is 15.8 Å². The quantitative estimate of drug-likeness (QED) is 0.694. The second-order valence-electron chi connectivity index (χ2n) is 5.74. The zero-order valence-electron chi connectivity index (χ0n) is 12.6. The molecule has 0 heterocycles. The van der Waals surface area contributed by atoms with Crippen molar-refractivity contribution in [2.45, 2.75) is 32.8 Å². The molecule has 0 bridgehead atoms. The molecule has 0 aliphatic carbocycles. The second-order valence-corrected chi connectivity index (χ2v) is 5.74. The zero-order chi connectivity index (χ0) is 15.3. The first-order chi connectivity index (χ1) is 9.25. The standard InChI is InChI=1S/C15H24N2O3/c1-10(2)8-15(3,19)9-17-14(18)12-7-11(16)5-6-13(12)20-4/h5-7,10,19H,8-9,16H2,1-4H3,(H,17,18). The molecular weight excluding hydrogens is 256 g/mol. The Morgan fingerprint density at radius 1 is 1.50 bits per heavy atom. The number of hydrogen-bond donors (Lipinski definition) is 3. The van der Waals surface area contributed by atoms with E-state index in [-0.39, 0.29) is 12.5 Å². The molecule has 0 radical (unpaired) electrons. The molecule has 1 rings (SSSR count). The Balaban J connectivity index is 2.74. The van der Waals surface area contributed by atoms with Gasteiger partial charge in [0.1, 0.15) is 5.75 Å². The summed E-state index contributed by atoms with van der Waals surface area (Å²) in [5.41, 5.74) is 5.61. The Bertz CT molecular complexity index is 470. The maximum Gasteiger partial charge on any atom is 0.255 e. The van der Waals surface area contributed by atoms with Gasteiger partial charge in [0.2, 0.25) is 0 Å². The molecule has 20 heavy (non-hydrogen) atoms. The van der Waals surface area contributed by atoms with Crippen LogP contribution in [-0.2, 0) is 0 Å². The van der Waals surface area contributed by atoms with Crippen LogP contribution in [0.2, 0.25) is 0 Å². The van der Waals surface area contributed by atoms with Crippen molar-refractivity contribution in [3.05, 3.63) is 23.8 Å². The van der Waals surface area contributed by atoms with Crippen LogP contribution in [0.25, 0.3) is 0 Å². The second kappa shape index (κ2) is 6.61. The summed E-state index contributed by atoms with van der Waals surface area (Å²) in [5, 5.41) is 12.9. The van der Waals surface area contributed by atoms with Crippen LogP contribution >= 0.6 is 0 Å². The molecule has 1 atom stereocenters. The van der Waals surface area contributed by atoms with Crippen molar-refractivity contribution in [2.75, 3.05) is 19.4 Å². The van der Waals surface area contributed by atoms with Gasteiger partial charge >= 0.3 is 0 Å². The molecule has 5 nitrogen and oxygen atoms in total. The Morgan fingerprint density at radius 2 is 2.15 bits per heavy atom. The van der Waals surface area contributed by atoms with Crippen molar-refractivity contribution in [3.8, 4) is 5.75 Å². The minimum atomic E-state index is -0.933.